The predicted molar refractivity (Wildman–Crippen MR) is 102 cm³/mol. The number of hydrogen-bond acceptors (Lipinski definition) is 3. The molecule has 0 spiro atoms. The van der Waals surface area contributed by atoms with E-state index in [-0.39, 0.29) is 17.0 Å². The zero-order valence-corrected chi connectivity index (χ0v) is 15.2. The SMILES string of the molecule is NC1CCCC(NC(=O)Cc2ccccc2)(Nc2ccc(F)c(Cl)c2)C1. The molecule has 2 aromatic carbocycles. The number of carbonyl (C=O) groups excluding carboxylic acids is 1. The molecule has 0 heterocycles. The van der Waals surface area contributed by atoms with E-state index in [4.69, 9.17) is 17.3 Å². The number of amides is 1. The molecule has 1 amide bonds. The summed E-state index contributed by atoms with van der Waals surface area (Å²) in [6.45, 7) is 0. The molecule has 2 unspecified atom stereocenters. The van der Waals surface area contributed by atoms with Gasteiger partial charge in [0.15, 0.2) is 0 Å². The summed E-state index contributed by atoms with van der Waals surface area (Å²) in [6.07, 6.45) is 3.46. The van der Waals surface area contributed by atoms with Crippen molar-refractivity contribution < 1.29 is 9.18 Å². The molecule has 0 saturated heterocycles. The molecule has 6 heteroatoms. The Morgan fingerprint density at radius 1 is 1.27 bits per heavy atom. The number of rotatable bonds is 5. The number of halogens is 2. The van der Waals surface area contributed by atoms with Crippen LogP contribution < -0.4 is 16.4 Å². The molecule has 0 radical (unpaired) electrons. The van der Waals surface area contributed by atoms with Crippen LogP contribution in [0.3, 0.4) is 0 Å². The van der Waals surface area contributed by atoms with Crippen LogP contribution in [-0.2, 0) is 11.2 Å². The molecule has 2 aromatic rings. The Bertz CT molecular complexity index is 771. The minimum absolute atomic E-state index is 0.0100. The first-order chi connectivity index (χ1) is 12.5. The van der Waals surface area contributed by atoms with Crippen molar-refractivity contribution in [2.75, 3.05) is 5.32 Å². The van der Waals surface area contributed by atoms with Gasteiger partial charge in [0.1, 0.15) is 11.5 Å². The maximum atomic E-state index is 13.4. The van der Waals surface area contributed by atoms with E-state index < -0.39 is 11.5 Å². The van der Waals surface area contributed by atoms with Gasteiger partial charge in [-0.05, 0) is 43.0 Å². The van der Waals surface area contributed by atoms with Crippen LogP contribution in [0.15, 0.2) is 48.5 Å². The first kappa shape index (κ1) is 18.7. The lowest BCUT2D eigenvalue weighted by Crippen LogP contribution is -2.59. The normalized spacial score (nSPS) is 22.7. The first-order valence-corrected chi connectivity index (χ1v) is 9.17. The van der Waals surface area contributed by atoms with E-state index >= 15 is 0 Å². The third-order valence-corrected chi connectivity index (χ3v) is 4.97. The number of nitrogens with one attached hydrogen (secondary N) is 2. The minimum Gasteiger partial charge on any atom is -0.363 e. The van der Waals surface area contributed by atoms with Crippen molar-refractivity contribution in [1.29, 1.82) is 0 Å². The maximum absolute atomic E-state index is 13.4. The van der Waals surface area contributed by atoms with Crippen molar-refractivity contribution in [3.8, 4) is 0 Å². The molecular weight excluding hydrogens is 353 g/mol. The molecule has 4 N–H and O–H groups in total. The summed E-state index contributed by atoms with van der Waals surface area (Å²) in [4.78, 5) is 12.6. The molecule has 0 bridgehead atoms. The van der Waals surface area contributed by atoms with Crippen molar-refractivity contribution >= 4 is 23.2 Å². The molecule has 1 fully saturated rings. The van der Waals surface area contributed by atoms with Crippen molar-refractivity contribution in [3.05, 3.63) is 64.9 Å². The molecule has 1 aliphatic carbocycles. The molecule has 3 rings (SSSR count). The van der Waals surface area contributed by atoms with Gasteiger partial charge in [0.2, 0.25) is 5.91 Å². The van der Waals surface area contributed by atoms with Crippen molar-refractivity contribution in [2.45, 2.75) is 43.8 Å². The molecule has 0 aromatic heterocycles. The van der Waals surface area contributed by atoms with Gasteiger partial charge in [-0.3, -0.25) is 4.79 Å². The van der Waals surface area contributed by atoms with Crippen molar-refractivity contribution in [1.82, 2.24) is 5.32 Å². The highest BCUT2D eigenvalue weighted by atomic mass is 35.5. The van der Waals surface area contributed by atoms with Crippen LogP contribution in [0.2, 0.25) is 5.02 Å². The average molecular weight is 376 g/mol. The quantitative estimate of drug-likeness (QED) is 0.695. The third-order valence-electron chi connectivity index (χ3n) is 4.68. The second-order valence-electron chi connectivity index (χ2n) is 6.90. The van der Waals surface area contributed by atoms with Gasteiger partial charge in [-0.15, -0.1) is 0 Å². The molecule has 0 aliphatic heterocycles. The highest BCUT2D eigenvalue weighted by Crippen LogP contribution is 2.30. The van der Waals surface area contributed by atoms with Crippen LogP contribution in [-0.4, -0.2) is 17.6 Å². The molecule has 26 heavy (non-hydrogen) atoms. The van der Waals surface area contributed by atoms with Crippen molar-refractivity contribution in [2.24, 2.45) is 5.73 Å². The van der Waals surface area contributed by atoms with Gasteiger partial charge in [-0.25, -0.2) is 4.39 Å². The van der Waals surface area contributed by atoms with Crippen LogP contribution in [0.1, 0.15) is 31.2 Å². The van der Waals surface area contributed by atoms with Gasteiger partial charge in [-0.2, -0.15) is 0 Å². The standard InChI is InChI=1S/C20H23ClFN3O/c21-17-12-16(8-9-18(17)22)24-20(10-4-7-15(23)13-20)25-19(26)11-14-5-2-1-3-6-14/h1-3,5-6,8-9,12,15,24H,4,7,10-11,13,23H2,(H,25,26). The Kier molecular flexibility index (Phi) is 5.79. The highest BCUT2D eigenvalue weighted by molar-refractivity contribution is 6.31. The zero-order valence-electron chi connectivity index (χ0n) is 14.5. The molecule has 138 valence electrons. The molecule has 1 saturated carbocycles. The third kappa shape index (κ3) is 4.74. The van der Waals surface area contributed by atoms with Crippen LogP contribution in [0.4, 0.5) is 10.1 Å². The molecule has 2 atom stereocenters. The van der Waals surface area contributed by atoms with Crippen LogP contribution in [0, 0.1) is 5.82 Å². The van der Waals surface area contributed by atoms with E-state index in [0.717, 1.165) is 24.8 Å². The second-order valence-corrected chi connectivity index (χ2v) is 7.31. The van der Waals surface area contributed by atoms with E-state index in [1.54, 1.807) is 6.07 Å². The fraction of sp³-hybridized carbons (Fsp3) is 0.350. The Balaban J connectivity index is 1.77. The lowest BCUT2D eigenvalue weighted by molar-refractivity contribution is -0.122. The number of benzene rings is 2. The zero-order chi connectivity index (χ0) is 18.6. The van der Waals surface area contributed by atoms with Crippen LogP contribution in [0.25, 0.3) is 0 Å². The van der Waals surface area contributed by atoms with Gasteiger partial charge in [0.25, 0.3) is 0 Å². The van der Waals surface area contributed by atoms with E-state index in [1.165, 1.54) is 12.1 Å². The molecule has 4 nitrogen and oxygen atoms in total. The van der Waals surface area contributed by atoms with Crippen molar-refractivity contribution in [3.63, 3.8) is 0 Å². The Morgan fingerprint density at radius 2 is 2.04 bits per heavy atom. The number of anilines is 1. The summed E-state index contributed by atoms with van der Waals surface area (Å²) in [5.74, 6) is -0.550. The largest absolute Gasteiger partial charge is 0.363 e. The predicted octanol–water partition coefficient (Wildman–Crippen LogP) is 3.85. The monoisotopic (exact) mass is 375 g/mol. The summed E-state index contributed by atoms with van der Waals surface area (Å²) in [5.41, 5.74) is 7.11. The lowest BCUT2D eigenvalue weighted by atomic mass is 9.85. The lowest BCUT2D eigenvalue weighted by Gasteiger charge is -2.42. The Morgan fingerprint density at radius 3 is 2.73 bits per heavy atom. The van der Waals surface area contributed by atoms with Crippen LogP contribution >= 0.6 is 11.6 Å². The van der Waals surface area contributed by atoms with E-state index in [9.17, 15) is 9.18 Å². The molecular formula is C20H23ClFN3O. The van der Waals surface area contributed by atoms with E-state index in [2.05, 4.69) is 10.6 Å². The van der Waals surface area contributed by atoms with E-state index in [1.807, 2.05) is 30.3 Å². The smallest absolute Gasteiger partial charge is 0.226 e. The van der Waals surface area contributed by atoms with Gasteiger partial charge in [0, 0.05) is 18.2 Å². The summed E-state index contributed by atoms with van der Waals surface area (Å²) in [6, 6.07) is 14.0. The number of hydrogen-bond donors (Lipinski definition) is 3. The van der Waals surface area contributed by atoms with Crippen LogP contribution in [0.5, 0.6) is 0 Å². The Labute approximate surface area is 157 Å². The van der Waals surface area contributed by atoms with E-state index in [0.29, 0.717) is 18.5 Å². The summed E-state index contributed by atoms with van der Waals surface area (Å²) >= 11 is 5.89. The minimum atomic E-state index is -0.662. The fourth-order valence-corrected chi connectivity index (χ4v) is 3.70. The Hall–Kier alpha value is -2.11. The fourth-order valence-electron chi connectivity index (χ4n) is 3.52. The number of carbonyl (C=O) groups is 1. The maximum Gasteiger partial charge on any atom is 0.226 e. The van der Waals surface area contributed by atoms with Gasteiger partial charge in [0.05, 0.1) is 11.4 Å². The molecule has 1 aliphatic rings. The van der Waals surface area contributed by atoms with Gasteiger partial charge >= 0.3 is 0 Å². The first-order valence-electron chi connectivity index (χ1n) is 8.79. The second kappa shape index (κ2) is 8.06. The summed E-state index contributed by atoms with van der Waals surface area (Å²) in [7, 11) is 0. The summed E-state index contributed by atoms with van der Waals surface area (Å²) < 4.78 is 13.4. The number of nitrogens with two attached hydrogens (primary N) is 1. The average Bonchev–Trinajstić information content (AvgIpc) is 2.59. The highest BCUT2D eigenvalue weighted by Gasteiger charge is 2.36. The topological polar surface area (TPSA) is 67.1 Å². The van der Waals surface area contributed by atoms with Gasteiger partial charge in [-0.1, -0.05) is 41.9 Å². The van der Waals surface area contributed by atoms with Gasteiger partial charge < -0.3 is 16.4 Å². The summed E-state index contributed by atoms with van der Waals surface area (Å²) in [5, 5.41) is 6.52.